The number of carbonyl (C=O) groups is 4. The number of ketones is 1. The van der Waals surface area contributed by atoms with E-state index in [0.29, 0.717) is 54.7 Å². The van der Waals surface area contributed by atoms with Gasteiger partial charge in [-0.25, -0.2) is 0 Å². The molecule has 0 aliphatic rings. The minimum atomic E-state index is -1.63. The Hall–Kier alpha value is -3.01. The zero-order valence-electron chi connectivity index (χ0n) is 22.6. The van der Waals surface area contributed by atoms with Gasteiger partial charge in [0.25, 0.3) is 0 Å². The molecule has 0 aliphatic heterocycles. The largest absolute Gasteiger partial charge is 0.523 e. The average Bonchev–Trinajstić information content (AvgIpc) is 2.89. The van der Waals surface area contributed by atoms with Gasteiger partial charge in [0, 0.05) is 40.2 Å². The van der Waals surface area contributed by atoms with Gasteiger partial charge in [0.1, 0.15) is 0 Å². The molecule has 0 spiro atoms. The first-order chi connectivity index (χ1) is 17.7. The van der Waals surface area contributed by atoms with Crippen LogP contribution in [0.2, 0.25) is 0 Å². The summed E-state index contributed by atoms with van der Waals surface area (Å²) >= 11 is 0. The Morgan fingerprint density at radius 3 is 2.24 bits per heavy atom. The first-order valence-electron chi connectivity index (χ1n) is 12.4. The number of methoxy groups -OCH3 is 1. The SMILES string of the molecule is CCOC(=O)C(CCCN(C)CCc1ccc(C(C)=O)c(C=O)c1)(C(=O)OCC)c1cc[c-]c(OC)c1.[Co]. The van der Waals surface area contributed by atoms with Gasteiger partial charge < -0.3 is 19.1 Å². The van der Waals surface area contributed by atoms with Crippen LogP contribution >= 0.6 is 0 Å². The molecular weight excluding hydrogens is 533 g/mol. The number of rotatable bonds is 15. The van der Waals surface area contributed by atoms with E-state index in [1.165, 1.54) is 14.0 Å². The van der Waals surface area contributed by atoms with E-state index in [1.54, 1.807) is 44.2 Å². The summed E-state index contributed by atoms with van der Waals surface area (Å²) in [5.74, 6) is -1.06. The van der Waals surface area contributed by atoms with E-state index in [0.717, 1.165) is 5.56 Å². The summed E-state index contributed by atoms with van der Waals surface area (Å²) in [5, 5.41) is 0. The number of hydrogen-bond donors (Lipinski definition) is 0. The van der Waals surface area contributed by atoms with Crippen molar-refractivity contribution in [2.75, 3.05) is 40.5 Å². The topological polar surface area (TPSA) is 99.2 Å². The number of nitrogens with zero attached hydrogens (tertiary/aromatic N) is 1. The maximum absolute atomic E-state index is 13.3. The average molecular weight is 570 g/mol. The molecule has 2 aromatic rings. The molecule has 2 aromatic carbocycles. The Balaban J connectivity index is 0.00000722. The van der Waals surface area contributed by atoms with Crippen molar-refractivity contribution in [1.82, 2.24) is 4.90 Å². The van der Waals surface area contributed by atoms with E-state index < -0.39 is 17.4 Å². The van der Waals surface area contributed by atoms with Gasteiger partial charge in [-0.3, -0.25) is 19.2 Å². The van der Waals surface area contributed by atoms with Gasteiger partial charge in [0.15, 0.2) is 17.5 Å². The fourth-order valence-electron chi connectivity index (χ4n) is 4.24. The molecule has 1 radical (unpaired) electrons. The molecule has 0 amide bonds. The summed E-state index contributed by atoms with van der Waals surface area (Å²) in [5.41, 5.74) is 0.554. The Kier molecular flexibility index (Phi) is 14.0. The van der Waals surface area contributed by atoms with Crippen molar-refractivity contribution in [3.8, 4) is 5.75 Å². The second-order valence-electron chi connectivity index (χ2n) is 8.74. The van der Waals surface area contributed by atoms with E-state index in [4.69, 9.17) is 14.2 Å². The van der Waals surface area contributed by atoms with Crippen LogP contribution in [-0.2, 0) is 47.7 Å². The monoisotopic (exact) mass is 569 g/mol. The van der Waals surface area contributed by atoms with E-state index in [-0.39, 0.29) is 42.2 Å². The number of Topliss-reactive ketones (excluding diaryl/α,β-unsaturated/α-hetero) is 1. The van der Waals surface area contributed by atoms with Crippen molar-refractivity contribution in [2.45, 2.75) is 45.4 Å². The molecule has 0 saturated heterocycles. The fraction of sp³-hybridized carbons (Fsp3) is 0.448. The van der Waals surface area contributed by atoms with Crippen LogP contribution in [0.1, 0.15) is 65.5 Å². The molecule has 0 heterocycles. The van der Waals surface area contributed by atoms with Gasteiger partial charge >= 0.3 is 11.9 Å². The van der Waals surface area contributed by atoms with Crippen LogP contribution < -0.4 is 4.74 Å². The van der Waals surface area contributed by atoms with Crippen LogP contribution in [0.4, 0.5) is 0 Å². The van der Waals surface area contributed by atoms with Gasteiger partial charge in [0.2, 0.25) is 0 Å². The van der Waals surface area contributed by atoms with Gasteiger partial charge in [-0.1, -0.05) is 12.1 Å². The Labute approximate surface area is 235 Å². The first-order valence-corrected chi connectivity index (χ1v) is 12.4. The van der Waals surface area contributed by atoms with E-state index in [2.05, 4.69) is 11.0 Å². The summed E-state index contributed by atoms with van der Waals surface area (Å²) in [6.07, 6.45) is 2.06. The summed E-state index contributed by atoms with van der Waals surface area (Å²) < 4.78 is 16.0. The smallest absolute Gasteiger partial charge is 0.325 e. The molecule has 0 aliphatic carbocycles. The van der Waals surface area contributed by atoms with E-state index >= 15 is 0 Å². The molecule has 209 valence electrons. The summed E-state index contributed by atoms with van der Waals surface area (Å²) in [6, 6.07) is 13.1. The molecule has 0 fully saturated rings. The summed E-state index contributed by atoms with van der Waals surface area (Å²) in [7, 11) is 3.44. The normalized spacial score (nSPS) is 10.9. The maximum atomic E-state index is 13.3. The minimum absolute atomic E-state index is 0. The molecule has 0 N–H and O–H groups in total. The van der Waals surface area contributed by atoms with Crippen molar-refractivity contribution in [3.63, 3.8) is 0 Å². The van der Waals surface area contributed by atoms with Crippen molar-refractivity contribution < 1.29 is 50.2 Å². The van der Waals surface area contributed by atoms with Gasteiger partial charge in [-0.05, 0) is 65.3 Å². The van der Waals surface area contributed by atoms with Gasteiger partial charge in [-0.2, -0.15) is 12.1 Å². The number of aldehydes is 1. The maximum Gasteiger partial charge on any atom is 0.325 e. The van der Waals surface area contributed by atoms with Gasteiger partial charge in [0.05, 0.1) is 20.3 Å². The third kappa shape index (κ3) is 8.24. The van der Waals surface area contributed by atoms with Crippen LogP contribution in [0.15, 0.2) is 36.4 Å². The van der Waals surface area contributed by atoms with Crippen molar-refractivity contribution >= 4 is 24.0 Å². The molecule has 0 atom stereocenters. The summed E-state index contributed by atoms with van der Waals surface area (Å²) in [4.78, 5) is 51.7. The molecule has 2 rings (SSSR count). The quantitative estimate of drug-likeness (QED) is 0.105. The third-order valence-corrected chi connectivity index (χ3v) is 6.23. The third-order valence-electron chi connectivity index (χ3n) is 6.23. The number of carbonyl (C=O) groups excluding carboxylic acids is 4. The Morgan fingerprint density at radius 1 is 1.03 bits per heavy atom. The van der Waals surface area contributed by atoms with Crippen molar-refractivity contribution in [2.24, 2.45) is 0 Å². The number of ether oxygens (including phenoxy) is 3. The number of benzene rings is 2. The Bertz CT molecular complexity index is 1080. The van der Waals surface area contributed by atoms with Gasteiger partial charge in [-0.15, -0.1) is 17.7 Å². The zero-order valence-corrected chi connectivity index (χ0v) is 23.7. The molecule has 8 nitrogen and oxygen atoms in total. The standard InChI is InChI=1S/C29H36NO7.Co/c1-6-36-27(33)29(28(34)37-7-2,24-10-8-11-25(19-24)35-5)15-9-16-30(4)17-14-22-12-13-26(21(3)32)23(18-22)20-31;/h8,10,12-13,18-20H,6-7,9,14-17H2,1-5H3;/q-1;. The number of likely N-dealkylation sites (N-methyl/N-ethyl adjacent to an activating group) is 1. The molecule has 9 heteroatoms. The van der Waals surface area contributed by atoms with Crippen LogP contribution in [-0.4, -0.2) is 69.4 Å². The number of hydrogen-bond acceptors (Lipinski definition) is 8. The number of esters is 2. The van der Waals surface area contributed by atoms with E-state index in [1.807, 2.05) is 13.1 Å². The fourth-order valence-corrected chi connectivity index (χ4v) is 4.24. The molecule has 38 heavy (non-hydrogen) atoms. The Morgan fingerprint density at radius 2 is 1.68 bits per heavy atom. The minimum Gasteiger partial charge on any atom is -0.523 e. The van der Waals surface area contributed by atoms with Crippen molar-refractivity contribution in [1.29, 1.82) is 0 Å². The predicted octanol–water partition coefficient (Wildman–Crippen LogP) is 3.83. The second kappa shape index (κ2) is 16.1. The second-order valence-corrected chi connectivity index (χ2v) is 8.74. The molecular formula is C29H36CoNO7-. The zero-order chi connectivity index (χ0) is 27.4. The van der Waals surface area contributed by atoms with Crippen LogP contribution in [0.3, 0.4) is 0 Å². The van der Waals surface area contributed by atoms with E-state index in [9.17, 15) is 19.2 Å². The molecule has 0 unspecified atom stereocenters. The first kappa shape index (κ1) is 33.0. The predicted molar refractivity (Wildman–Crippen MR) is 139 cm³/mol. The van der Waals surface area contributed by atoms with Crippen LogP contribution in [0.25, 0.3) is 0 Å². The van der Waals surface area contributed by atoms with Crippen molar-refractivity contribution in [3.05, 3.63) is 64.7 Å². The summed E-state index contributed by atoms with van der Waals surface area (Å²) in [6.45, 7) is 6.36. The molecule has 0 aromatic heterocycles. The molecule has 0 bridgehead atoms. The van der Waals surface area contributed by atoms with Crippen LogP contribution in [0.5, 0.6) is 5.75 Å². The molecule has 0 saturated carbocycles. The van der Waals surface area contributed by atoms with Crippen LogP contribution in [0, 0.1) is 6.07 Å².